The topological polar surface area (TPSA) is 20.3 Å². The molecule has 0 fully saturated rings. The SMILES string of the molecule is CCC(C)CN(C)c1ccc(C(C)=O)cc1Br. The summed E-state index contributed by atoms with van der Waals surface area (Å²) in [6.45, 7) is 7.06. The first-order valence-corrected chi connectivity index (χ1v) is 6.76. The predicted molar refractivity (Wildman–Crippen MR) is 76.9 cm³/mol. The predicted octanol–water partition coefficient (Wildman–Crippen LogP) is 4.13. The van der Waals surface area contributed by atoms with Gasteiger partial charge < -0.3 is 4.90 Å². The Morgan fingerprint density at radius 1 is 1.47 bits per heavy atom. The molecule has 0 radical (unpaired) electrons. The fourth-order valence-electron chi connectivity index (χ4n) is 1.73. The molecule has 0 saturated carbocycles. The average molecular weight is 298 g/mol. The lowest BCUT2D eigenvalue weighted by Gasteiger charge is -2.24. The third-order valence-electron chi connectivity index (χ3n) is 3.05. The third-order valence-corrected chi connectivity index (χ3v) is 3.68. The second-order valence-electron chi connectivity index (χ2n) is 4.62. The molecular formula is C14H20BrNO. The molecule has 0 aliphatic rings. The second kappa shape index (κ2) is 6.20. The van der Waals surface area contributed by atoms with Crippen LogP contribution in [0.5, 0.6) is 0 Å². The number of rotatable bonds is 5. The van der Waals surface area contributed by atoms with Gasteiger partial charge in [-0.25, -0.2) is 0 Å². The number of halogens is 1. The fraction of sp³-hybridized carbons (Fsp3) is 0.500. The summed E-state index contributed by atoms with van der Waals surface area (Å²) < 4.78 is 0.982. The lowest BCUT2D eigenvalue weighted by molar-refractivity contribution is 0.101. The molecule has 94 valence electrons. The molecule has 0 saturated heterocycles. The van der Waals surface area contributed by atoms with Gasteiger partial charge in [-0.05, 0) is 47.0 Å². The maximum atomic E-state index is 11.3. The van der Waals surface area contributed by atoms with E-state index in [1.807, 2.05) is 18.2 Å². The Morgan fingerprint density at radius 2 is 2.12 bits per heavy atom. The number of hydrogen-bond acceptors (Lipinski definition) is 2. The van der Waals surface area contributed by atoms with E-state index in [1.165, 1.54) is 6.42 Å². The molecule has 1 aromatic rings. The molecule has 0 heterocycles. The Labute approximate surface area is 112 Å². The third kappa shape index (κ3) is 3.84. The normalized spacial score (nSPS) is 12.3. The smallest absolute Gasteiger partial charge is 0.159 e. The van der Waals surface area contributed by atoms with Crippen molar-refractivity contribution in [2.45, 2.75) is 27.2 Å². The van der Waals surface area contributed by atoms with Gasteiger partial charge in [-0.3, -0.25) is 4.79 Å². The molecule has 17 heavy (non-hydrogen) atoms. The first-order valence-electron chi connectivity index (χ1n) is 5.97. The molecule has 0 aliphatic heterocycles. The highest BCUT2D eigenvalue weighted by Crippen LogP contribution is 2.27. The molecule has 1 rings (SSSR count). The summed E-state index contributed by atoms with van der Waals surface area (Å²) in [7, 11) is 2.08. The zero-order valence-corrected chi connectivity index (χ0v) is 12.5. The van der Waals surface area contributed by atoms with E-state index in [0.29, 0.717) is 5.92 Å². The summed E-state index contributed by atoms with van der Waals surface area (Å²) in [4.78, 5) is 13.5. The molecule has 1 aromatic carbocycles. The van der Waals surface area contributed by atoms with Crippen LogP contribution in [0.15, 0.2) is 22.7 Å². The van der Waals surface area contributed by atoms with Crippen LogP contribution in [-0.4, -0.2) is 19.4 Å². The summed E-state index contributed by atoms with van der Waals surface area (Å²) in [5, 5.41) is 0. The lowest BCUT2D eigenvalue weighted by Crippen LogP contribution is -2.24. The number of carbonyl (C=O) groups is 1. The van der Waals surface area contributed by atoms with Gasteiger partial charge in [-0.2, -0.15) is 0 Å². The number of ketones is 1. The van der Waals surface area contributed by atoms with Crippen LogP contribution in [0.2, 0.25) is 0 Å². The Hall–Kier alpha value is -0.830. The Kier molecular flexibility index (Phi) is 5.19. The standard InChI is InChI=1S/C14H20BrNO/c1-5-10(2)9-16(4)14-7-6-12(11(3)17)8-13(14)15/h6-8,10H,5,9H2,1-4H3. The van der Waals surface area contributed by atoms with Crippen molar-refractivity contribution >= 4 is 27.4 Å². The largest absolute Gasteiger partial charge is 0.373 e. The van der Waals surface area contributed by atoms with Crippen molar-refractivity contribution in [2.24, 2.45) is 5.92 Å². The van der Waals surface area contributed by atoms with Crippen molar-refractivity contribution in [1.29, 1.82) is 0 Å². The van der Waals surface area contributed by atoms with Gasteiger partial charge in [0.25, 0.3) is 0 Å². The average Bonchev–Trinajstić information content (AvgIpc) is 2.28. The van der Waals surface area contributed by atoms with Gasteiger partial charge in [0.15, 0.2) is 5.78 Å². The van der Waals surface area contributed by atoms with Crippen molar-refractivity contribution in [2.75, 3.05) is 18.5 Å². The lowest BCUT2D eigenvalue weighted by atomic mass is 10.1. The van der Waals surface area contributed by atoms with Gasteiger partial charge in [-0.1, -0.05) is 20.3 Å². The van der Waals surface area contributed by atoms with Crippen molar-refractivity contribution < 1.29 is 4.79 Å². The van der Waals surface area contributed by atoms with E-state index in [-0.39, 0.29) is 5.78 Å². The van der Waals surface area contributed by atoms with Gasteiger partial charge in [0.2, 0.25) is 0 Å². The number of benzene rings is 1. The Bertz CT molecular complexity index is 403. The van der Waals surface area contributed by atoms with Gasteiger partial charge in [-0.15, -0.1) is 0 Å². The number of anilines is 1. The van der Waals surface area contributed by atoms with Crippen LogP contribution < -0.4 is 4.90 Å². The van der Waals surface area contributed by atoms with Gasteiger partial charge in [0, 0.05) is 23.6 Å². The number of Topliss-reactive ketones (excluding diaryl/α,β-unsaturated/α-hetero) is 1. The van der Waals surface area contributed by atoms with E-state index in [0.717, 1.165) is 22.3 Å². The van der Waals surface area contributed by atoms with Crippen LogP contribution in [0.4, 0.5) is 5.69 Å². The molecular weight excluding hydrogens is 278 g/mol. The van der Waals surface area contributed by atoms with Crippen LogP contribution in [0.3, 0.4) is 0 Å². The molecule has 0 aliphatic carbocycles. The Balaban J connectivity index is 2.88. The van der Waals surface area contributed by atoms with Crippen LogP contribution in [0.25, 0.3) is 0 Å². The van der Waals surface area contributed by atoms with Gasteiger partial charge in [0.05, 0.1) is 5.69 Å². The van der Waals surface area contributed by atoms with E-state index in [2.05, 4.69) is 41.7 Å². The molecule has 1 unspecified atom stereocenters. The summed E-state index contributed by atoms with van der Waals surface area (Å²) >= 11 is 3.53. The van der Waals surface area contributed by atoms with Crippen molar-refractivity contribution in [3.8, 4) is 0 Å². The minimum atomic E-state index is 0.0989. The first-order chi connectivity index (χ1) is 7.95. The number of carbonyl (C=O) groups excluding carboxylic acids is 1. The molecule has 2 nitrogen and oxygen atoms in total. The zero-order chi connectivity index (χ0) is 13.0. The van der Waals surface area contributed by atoms with Crippen LogP contribution in [0, 0.1) is 5.92 Å². The van der Waals surface area contributed by atoms with Crippen molar-refractivity contribution in [1.82, 2.24) is 0 Å². The van der Waals surface area contributed by atoms with E-state index in [9.17, 15) is 4.79 Å². The van der Waals surface area contributed by atoms with E-state index in [1.54, 1.807) is 6.92 Å². The van der Waals surface area contributed by atoms with E-state index >= 15 is 0 Å². The highest BCUT2D eigenvalue weighted by Gasteiger charge is 2.10. The molecule has 0 amide bonds. The van der Waals surface area contributed by atoms with Crippen molar-refractivity contribution in [3.63, 3.8) is 0 Å². The van der Waals surface area contributed by atoms with E-state index in [4.69, 9.17) is 0 Å². The molecule has 0 spiro atoms. The Morgan fingerprint density at radius 3 is 2.59 bits per heavy atom. The summed E-state index contributed by atoms with van der Waals surface area (Å²) in [6.07, 6.45) is 1.17. The summed E-state index contributed by atoms with van der Waals surface area (Å²) in [6, 6.07) is 5.78. The highest BCUT2D eigenvalue weighted by molar-refractivity contribution is 9.10. The monoisotopic (exact) mass is 297 g/mol. The molecule has 0 aromatic heterocycles. The number of hydrogen-bond donors (Lipinski definition) is 0. The van der Waals surface area contributed by atoms with E-state index < -0.39 is 0 Å². The fourth-order valence-corrected chi connectivity index (χ4v) is 2.41. The van der Waals surface area contributed by atoms with Crippen molar-refractivity contribution in [3.05, 3.63) is 28.2 Å². The summed E-state index contributed by atoms with van der Waals surface area (Å²) in [5.74, 6) is 0.765. The van der Waals surface area contributed by atoms with Gasteiger partial charge >= 0.3 is 0 Å². The zero-order valence-electron chi connectivity index (χ0n) is 11.0. The number of nitrogens with zero attached hydrogens (tertiary/aromatic N) is 1. The summed E-state index contributed by atoms with van der Waals surface area (Å²) in [5.41, 5.74) is 1.88. The minimum absolute atomic E-state index is 0.0989. The maximum absolute atomic E-state index is 11.3. The maximum Gasteiger partial charge on any atom is 0.159 e. The molecule has 0 N–H and O–H groups in total. The highest BCUT2D eigenvalue weighted by atomic mass is 79.9. The first kappa shape index (κ1) is 14.2. The minimum Gasteiger partial charge on any atom is -0.373 e. The van der Waals surface area contributed by atoms with Crippen LogP contribution >= 0.6 is 15.9 Å². The van der Waals surface area contributed by atoms with Gasteiger partial charge in [0.1, 0.15) is 0 Å². The molecule has 0 bridgehead atoms. The van der Waals surface area contributed by atoms with Crippen LogP contribution in [-0.2, 0) is 0 Å². The van der Waals surface area contributed by atoms with Crippen LogP contribution in [0.1, 0.15) is 37.6 Å². The second-order valence-corrected chi connectivity index (χ2v) is 5.47. The quantitative estimate of drug-likeness (QED) is 0.762. The molecule has 1 atom stereocenters. The molecule has 3 heteroatoms.